The average Bonchev–Trinajstić information content (AvgIpc) is 3.24. The molecule has 0 N–H and O–H groups in total. The van der Waals surface area contributed by atoms with E-state index in [-0.39, 0.29) is 10.8 Å². The quantitative estimate of drug-likeness (QED) is 0.542. The van der Waals surface area contributed by atoms with Crippen LogP contribution in [0.5, 0.6) is 0 Å². The fourth-order valence-electron chi connectivity index (χ4n) is 5.62. The Balaban J connectivity index is 1.33. The molecule has 4 aliphatic rings. The normalized spacial score (nSPS) is 36.2. The van der Waals surface area contributed by atoms with Crippen molar-refractivity contribution in [3.8, 4) is 10.8 Å². The lowest BCUT2D eigenvalue weighted by Crippen LogP contribution is -2.56. The molecule has 26 heavy (non-hydrogen) atoms. The highest BCUT2D eigenvalue weighted by Gasteiger charge is 2.61. The van der Waals surface area contributed by atoms with Crippen molar-refractivity contribution in [3.05, 3.63) is 23.4 Å². The number of thiophene rings is 1. The van der Waals surface area contributed by atoms with Gasteiger partial charge in [-0.25, -0.2) is 0 Å². The summed E-state index contributed by atoms with van der Waals surface area (Å²) in [5.74, 6) is 1.79. The van der Waals surface area contributed by atoms with Crippen molar-refractivity contribution < 1.29 is 13.9 Å². The third-order valence-electron chi connectivity index (χ3n) is 6.23. The van der Waals surface area contributed by atoms with Crippen molar-refractivity contribution in [1.82, 2.24) is 10.2 Å². The average molecular weight is 393 g/mol. The lowest BCUT2D eigenvalue weighted by atomic mass is 9.49. The Hall–Kier alpha value is -1.40. The Morgan fingerprint density at radius 1 is 1.35 bits per heavy atom. The minimum absolute atomic E-state index is 0.139. The van der Waals surface area contributed by atoms with Crippen molar-refractivity contribution in [2.45, 2.75) is 56.4 Å². The number of aromatic nitrogens is 2. The van der Waals surface area contributed by atoms with Crippen molar-refractivity contribution in [2.24, 2.45) is 17.3 Å². The number of hydrogen-bond acceptors (Lipinski definition) is 6. The van der Waals surface area contributed by atoms with Crippen LogP contribution in [0.25, 0.3) is 10.8 Å². The number of ether oxygens (including phenoxy) is 1. The Bertz CT molecular complexity index is 820. The zero-order chi connectivity index (χ0) is 17.9. The minimum atomic E-state index is -0.553. The van der Waals surface area contributed by atoms with E-state index in [1.807, 2.05) is 17.5 Å². The van der Waals surface area contributed by atoms with Gasteiger partial charge in [0.15, 0.2) is 6.10 Å². The third-order valence-corrected chi connectivity index (χ3v) is 7.53. The molecule has 138 valence electrons. The highest BCUT2D eigenvalue weighted by atomic mass is 35.5. The number of halogens is 1. The molecule has 5 atom stereocenters. The summed E-state index contributed by atoms with van der Waals surface area (Å²) in [6.07, 6.45) is 5.31. The maximum absolute atomic E-state index is 13.1. The van der Waals surface area contributed by atoms with Gasteiger partial charge in [-0.1, -0.05) is 6.07 Å². The van der Waals surface area contributed by atoms with Crippen LogP contribution in [0, 0.1) is 17.3 Å². The number of carbonyl (C=O) groups is 1. The molecule has 0 radical (unpaired) electrons. The van der Waals surface area contributed by atoms with Gasteiger partial charge in [0.05, 0.1) is 10.3 Å². The van der Waals surface area contributed by atoms with Crippen LogP contribution in [-0.2, 0) is 9.53 Å². The number of nitrogens with zero attached hydrogens (tertiary/aromatic N) is 2. The summed E-state index contributed by atoms with van der Waals surface area (Å²) < 4.78 is 11.5. The standard InChI is InChI=1S/C19H21ClN2O3S/c1-11(15-21-22-16(25-15)14-3-2-4-26-14)24-17(23)18-6-12-5-13(7-18)9-19(20,8-12)10-18/h2-4,11-13H,5-10H2,1H3/t11-,12-,13+,18?,19?/m1/s1. The first-order valence-corrected chi connectivity index (χ1v) is 10.5. The molecule has 2 heterocycles. The Morgan fingerprint density at radius 3 is 2.77 bits per heavy atom. The van der Waals surface area contributed by atoms with Crippen molar-refractivity contribution in [1.29, 1.82) is 0 Å². The van der Waals surface area contributed by atoms with Gasteiger partial charge in [-0.05, 0) is 68.7 Å². The minimum Gasteiger partial charge on any atom is -0.452 e. The molecule has 0 aromatic carbocycles. The zero-order valence-electron chi connectivity index (χ0n) is 14.6. The summed E-state index contributed by atoms with van der Waals surface area (Å²) in [4.78, 5) is 13.8. The first kappa shape index (κ1) is 16.8. The maximum atomic E-state index is 13.1. The van der Waals surface area contributed by atoms with E-state index in [2.05, 4.69) is 10.2 Å². The fourth-order valence-corrected chi connectivity index (χ4v) is 6.96. The number of rotatable bonds is 4. The van der Waals surface area contributed by atoms with Crippen LogP contribution < -0.4 is 0 Å². The lowest BCUT2D eigenvalue weighted by Gasteiger charge is -2.58. The van der Waals surface area contributed by atoms with Crippen LogP contribution in [-0.4, -0.2) is 21.0 Å². The highest BCUT2D eigenvalue weighted by Crippen LogP contribution is 2.64. The summed E-state index contributed by atoms with van der Waals surface area (Å²) in [6.45, 7) is 1.79. The molecule has 4 bridgehead atoms. The maximum Gasteiger partial charge on any atom is 0.312 e. The summed E-state index contributed by atoms with van der Waals surface area (Å²) in [5, 5.41) is 10.1. The molecule has 6 rings (SSSR count). The predicted molar refractivity (Wildman–Crippen MR) is 97.8 cm³/mol. The molecule has 2 aromatic heterocycles. The van der Waals surface area contributed by atoms with Crippen LogP contribution in [0.15, 0.2) is 21.9 Å². The molecule has 2 unspecified atom stereocenters. The van der Waals surface area contributed by atoms with Crippen LogP contribution in [0.3, 0.4) is 0 Å². The number of alkyl halides is 1. The van der Waals surface area contributed by atoms with E-state index < -0.39 is 11.5 Å². The van der Waals surface area contributed by atoms with Gasteiger partial charge in [0.25, 0.3) is 11.8 Å². The molecule has 7 heteroatoms. The number of esters is 1. The first-order chi connectivity index (χ1) is 12.4. The molecule has 4 aliphatic carbocycles. The van der Waals surface area contributed by atoms with E-state index in [1.54, 1.807) is 6.92 Å². The van der Waals surface area contributed by atoms with Crippen molar-refractivity contribution in [3.63, 3.8) is 0 Å². The van der Waals surface area contributed by atoms with Gasteiger partial charge in [0, 0.05) is 4.87 Å². The van der Waals surface area contributed by atoms with Gasteiger partial charge < -0.3 is 9.15 Å². The SMILES string of the molecule is C[C@@H](OC(=O)C12C[C@@H]3C[C@@H](CC(Cl)(C3)C1)C2)c1nnc(-c2cccs2)o1. The summed E-state index contributed by atoms with van der Waals surface area (Å²) in [5.41, 5.74) is -0.420. The second-order valence-electron chi connectivity index (χ2n) is 8.36. The molecule has 2 aromatic rings. The molecule has 0 spiro atoms. The molecule has 4 fully saturated rings. The van der Waals surface area contributed by atoms with Crippen LogP contribution in [0.1, 0.15) is 57.4 Å². The van der Waals surface area contributed by atoms with Crippen LogP contribution in [0.4, 0.5) is 0 Å². The Kier molecular flexibility index (Phi) is 3.73. The molecule has 0 amide bonds. The lowest BCUT2D eigenvalue weighted by molar-refractivity contribution is -0.176. The van der Waals surface area contributed by atoms with Gasteiger partial charge in [-0.2, -0.15) is 0 Å². The highest BCUT2D eigenvalue weighted by molar-refractivity contribution is 7.13. The van der Waals surface area contributed by atoms with Crippen LogP contribution in [0.2, 0.25) is 0 Å². The van der Waals surface area contributed by atoms with E-state index in [0.717, 1.165) is 37.0 Å². The Morgan fingerprint density at radius 2 is 2.12 bits per heavy atom. The van der Waals surface area contributed by atoms with E-state index in [1.165, 1.54) is 17.8 Å². The molecular weight excluding hydrogens is 372 g/mol. The van der Waals surface area contributed by atoms with Crippen LogP contribution >= 0.6 is 22.9 Å². The molecular formula is C19H21ClN2O3S. The largest absolute Gasteiger partial charge is 0.452 e. The zero-order valence-corrected chi connectivity index (χ0v) is 16.2. The van der Waals surface area contributed by atoms with Gasteiger partial charge in [-0.15, -0.1) is 33.1 Å². The Labute approximate surface area is 161 Å². The van der Waals surface area contributed by atoms with E-state index in [4.69, 9.17) is 20.8 Å². The topological polar surface area (TPSA) is 65.2 Å². The van der Waals surface area contributed by atoms with Gasteiger partial charge in [-0.3, -0.25) is 4.79 Å². The third kappa shape index (κ3) is 2.69. The molecule has 0 saturated heterocycles. The summed E-state index contributed by atoms with van der Waals surface area (Å²) in [6, 6.07) is 3.86. The molecule has 4 saturated carbocycles. The smallest absolute Gasteiger partial charge is 0.312 e. The second-order valence-corrected chi connectivity index (χ2v) is 10.1. The molecule has 0 aliphatic heterocycles. The van der Waals surface area contributed by atoms with Gasteiger partial charge in [0.1, 0.15) is 0 Å². The number of carbonyl (C=O) groups excluding carboxylic acids is 1. The van der Waals surface area contributed by atoms with E-state index in [9.17, 15) is 4.79 Å². The van der Waals surface area contributed by atoms with Gasteiger partial charge in [0.2, 0.25) is 0 Å². The van der Waals surface area contributed by atoms with Crippen molar-refractivity contribution >= 4 is 28.9 Å². The first-order valence-electron chi connectivity index (χ1n) is 9.22. The molecule has 5 nitrogen and oxygen atoms in total. The monoisotopic (exact) mass is 392 g/mol. The number of hydrogen-bond donors (Lipinski definition) is 0. The summed E-state index contributed by atoms with van der Waals surface area (Å²) in [7, 11) is 0. The van der Waals surface area contributed by atoms with Crippen molar-refractivity contribution in [2.75, 3.05) is 0 Å². The second kappa shape index (κ2) is 5.80. The van der Waals surface area contributed by atoms with E-state index in [0.29, 0.717) is 23.6 Å². The fraction of sp³-hybridized carbons (Fsp3) is 0.632. The van der Waals surface area contributed by atoms with E-state index >= 15 is 0 Å². The van der Waals surface area contributed by atoms with Gasteiger partial charge >= 0.3 is 5.97 Å². The predicted octanol–water partition coefficient (Wildman–Crippen LogP) is 4.98. The summed E-state index contributed by atoms with van der Waals surface area (Å²) >= 11 is 8.37.